The highest BCUT2D eigenvalue weighted by Crippen LogP contribution is 2.29. The zero-order valence-corrected chi connectivity index (χ0v) is 12.4. The minimum atomic E-state index is -3.44. The monoisotopic (exact) mass is 282 g/mol. The van der Waals surface area contributed by atoms with E-state index in [4.69, 9.17) is 5.73 Å². The molecule has 1 heterocycles. The van der Waals surface area contributed by atoms with Gasteiger partial charge in [0.05, 0.1) is 4.90 Å². The predicted molar refractivity (Wildman–Crippen MR) is 76.4 cm³/mol. The van der Waals surface area contributed by atoms with Crippen molar-refractivity contribution >= 4 is 10.0 Å². The number of sulfonamides is 1. The van der Waals surface area contributed by atoms with Crippen LogP contribution in [0.25, 0.3) is 0 Å². The van der Waals surface area contributed by atoms with Gasteiger partial charge >= 0.3 is 0 Å². The Balaban J connectivity index is 2.42. The average molecular weight is 282 g/mol. The molecule has 5 heteroatoms. The van der Waals surface area contributed by atoms with Crippen molar-refractivity contribution in [2.45, 2.75) is 50.1 Å². The van der Waals surface area contributed by atoms with Gasteiger partial charge in [-0.25, -0.2) is 8.42 Å². The maximum atomic E-state index is 12.8. The summed E-state index contributed by atoms with van der Waals surface area (Å²) in [7, 11) is -3.44. The van der Waals surface area contributed by atoms with Crippen LogP contribution in [0.4, 0.5) is 0 Å². The van der Waals surface area contributed by atoms with Gasteiger partial charge in [0.2, 0.25) is 10.0 Å². The number of rotatable bonds is 3. The highest BCUT2D eigenvalue weighted by Gasteiger charge is 2.37. The Bertz CT molecular complexity index is 542. The first-order valence-corrected chi connectivity index (χ1v) is 8.21. The Morgan fingerprint density at radius 1 is 1.37 bits per heavy atom. The second kappa shape index (κ2) is 5.61. The van der Waals surface area contributed by atoms with Crippen LogP contribution in [-0.2, 0) is 10.0 Å². The molecule has 2 unspecified atom stereocenters. The third-order valence-electron chi connectivity index (χ3n) is 3.79. The van der Waals surface area contributed by atoms with E-state index in [-0.39, 0.29) is 12.1 Å². The molecule has 1 fully saturated rings. The molecule has 2 rings (SSSR count). The molecule has 0 aromatic heterocycles. The zero-order chi connectivity index (χ0) is 14.0. The van der Waals surface area contributed by atoms with E-state index >= 15 is 0 Å². The van der Waals surface area contributed by atoms with Gasteiger partial charge in [0.1, 0.15) is 0 Å². The lowest BCUT2D eigenvalue weighted by Crippen LogP contribution is -2.51. The van der Waals surface area contributed by atoms with Crippen LogP contribution in [0.5, 0.6) is 0 Å². The average Bonchev–Trinajstić information content (AvgIpc) is 2.38. The number of piperidine rings is 1. The van der Waals surface area contributed by atoms with Crippen LogP contribution >= 0.6 is 0 Å². The second-order valence-corrected chi connectivity index (χ2v) is 7.16. The van der Waals surface area contributed by atoms with Crippen LogP contribution in [0.3, 0.4) is 0 Å². The summed E-state index contributed by atoms with van der Waals surface area (Å²) < 4.78 is 27.2. The van der Waals surface area contributed by atoms with Gasteiger partial charge in [0, 0.05) is 18.6 Å². The Morgan fingerprint density at radius 3 is 2.74 bits per heavy atom. The molecule has 1 saturated heterocycles. The largest absolute Gasteiger partial charge is 0.329 e. The van der Waals surface area contributed by atoms with Crippen molar-refractivity contribution in [1.29, 1.82) is 0 Å². The summed E-state index contributed by atoms with van der Waals surface area (Å²) in [6.45, 7) is 4.25. The van der Waals surface area contributed by atoms with Gasteiger partial charge in [-0.05, 0) is 44.4 Å². The molecule has 1 aromatic rings. The van der Waals surface area contributed by atoms with Gasteiger partial charge in [0.25, 0.3) is 0 Å². The molecular formula is C14H22N2O2S. The summed E-state index contributed by atoms with van der Waals surface area (Å²) in [6, 6.07) is 7.02. The summed E-state index contributed by atoms with van der Waals surface area (Å²) in [4.78, 5) is 0.375. The maximum Gasteiger partial charge on any atom is 0.243 e. The van der Waals surface area contributed by atoms with Crippen molar-refractivity contribution in [2.75, 3.05) is 6.54 Å². The van der Waals surface area contributed by atoms with Gasteiger partial charge in [0.15, 0.2) is 0 Å². The summed E-state index contributed by atoms with van der Waals surface area (Å²) in [6.07, 6.45) is 2.80. The van der Waals surface area contributed by atoms with E-state index in [0.717, 1.165) is 24.8 Å². The number of benzene rings is 1. The van der Waals surface area contributed by atoms with Crippen molar-refractivity contribution in [3.63, 3.8) is 0 Å². The molecule has 1 aromatic carbocycles. The molecule has 0 saturated carbocycles. The maximum absolute atomic E-state index is 12.8. The summed E-state index contributed by atoms with van der Waals surface area (Å²) in [5.74, 6) is 0. The third-order valence-corrected chi connectivity index (χ3v) is 5.85. The number of hydrogen-bond donors (Lipinski definition) is 1. The van der Waals surface area contributed by atoms with Crippen LogP contribution in [0.2, 0.25) is 0 Å². The van der Waals surface area contributed by atoms with Gasteiger partial charge in [-0.1, -0.05) is 18.6 Å². The molecular weight excluding hydrogens is 260 g/mol. The summed E-state index contributed by atoms with van der Waals surface area (Å²) in [5.41, 5.74) is 6.71. The Morgan fingerprint density at radius 2 is 2.11 bits per heavy atom. The summed E-state index contributed by atoms with van der Waals surface area (Å²) in [5, 5.41) is 0. The fourth-order valence-corrected chi connectivity index (χ4v) is 4.81. The van der Waals surface area contributed by atoms with E-state index in [1.54, 1.807) is 22.5 Å². The Labute approximate surface area is 115 Å². The normalized spacial score (nSPS) is 25.4. The van der Waals surface area contributed by atoms with Crippen molar-refractivity contribution in [2.24, 2.45) is 5.73 Å². The topological polar surface area (TPSA) is 63.4 Å². The van der Waals surface area contributed by atoms with E-state index in [1.165, 1.54) is 0 Å². The molecule has 0 radical (unpaired) electrons. The molecule has 19 heavy (non-hydrogen) atoms. The second-order valence-electron chi connectivity index (χ2n) is 5.32. The minimum absolute atomic E-state index is 0.0211. The first-order valence-electron chi connectivity index (χ1n) is 6.77. The van der Waals surface area contributed by atoms with E-state index < -0.39 is 10.0 Å². The fraction of sp³-hybridized carbons (Fsp3) is 0.571. The molecule has 1 aliphatic rings. The summed E-state index contributed by atoms with van der Waals surface area (Å²) >= 11 is 0. The quantitative estimate of drug-likeness (QED) is 0.920. The van der Waals surface area contributed by atoms with Gasteiger partial charge < -0.3 is 5.73 Å². The highest BCUT2D eigenvalue weighted by atomic mass is 32.2. The van der Waals surface area contributed by atoms with E-state index in [9.17, 15) is 8.42 Å². The zero-order valence-electron chi connectivity index (χ0n) is 11.5. The van der Waals surface area contributed by atoms with Crippen molar-refractivity contribution in [1.82, 2.24) is 4.31 Å². The van der Waals surface area contributed by atoms with Gasteiger partial charge in [-0.3, -0.25) is 0 Å². The molecule has 2 atom stereocenters. The lowest BCUT2D eigenvalue weighted by molar-refractivity contribution is 0.196. The molecule has 4 nitrogen and oxygen atoms in total. The van der Waals surface area contributed by atoms with Crippen molar-refractivity contribution in [3.05, 3.63) is 29.8 Å². The van der Waals surface area contributed by atoms with Crippen LogP contribution in [0.1, 0.15) is 31.7 Å². The predicted octanol–water partition coefficient (Wildman–Crippen LogP) is 1.89. The number of nitrogens with two attached hydrogens (primary N) is 1. The van der Waals surface area contributed by atoms with E-state index in [2.05, 4.69) is 0 Å². The Kier molecular flexibility index (Phi) is 4.28. The van der Waals surface area contributed by atoms with Gasteiger partial charge in [-0.15, -0.1) is 0 Å². The minimum Gasteiger partial charge on any atom is -0.329 e. The lowest BCUT2D eigenvalue weighted by atomic mass is 10.00. The smallest absolute Gasteiger partial charge is 0.243 e. The van der Waals surface area contributed by atoms with E-state index in [0.29, 0.717) is 11.4 Å². The van der Waals surface area contributed by atoms with Crippen LogP contribution in [0.15, 0.2) is 29.2 Å². The fourth-order valence-electron chi connectivity index (χ4n) is 2.82. The SMILES string of the molecule is Cc1cccc(S(=O)(=O)N2C(C)CCCC2CN)c1. The number of nitrogens with zero attached hydrogens (tertiary/aromatic N) is 1. The van der Waals surface area contributed by atoms with Crippen LogP contribution in [-0.4, -0.2) is 31.4 Å². The third kappa shape index (κ3) is 2.83. The highest BCUT2D eigenvalue weighted by molar-refractivity contribution is 7.89. The van der Waals surface area contributed by atoms with E-state index in [1.807, 2.05) is 19.9 Å². The molecule has 1 aliphatic heterocycles. The van der Waals surface area contributed by atoms with Crippen molar-refractivity contribution in [3.8, 4) is 0 Å². The molecule has 0 bridgehead atoms. The number of aryl methyl sites for hydroxylation is 1. The molecule has 2 N–H and O–H groups in total. The van der Waals surface area contributed by atoms with Gasteiger partial charge in [-0.2, -0.15) is 4.31 Å². The first kappa shape index (κ1) is 14.5. The Hall–Kier alpha value is -0.910. The standard InChI is InChI=1S/C14H22N2O2S/c1-11-5-3-8-14(9-11)19(17,18)16-12(2)6-4-7-13(16)10-15/h3,5,8-9,12-13H,4,6-7,10,15H2,1-2H3. The van der Waals surface area contributed by atoms with Crippen LogP contribution < -0.4 is 5.73 Å². The first-order chi connectivity index (χ1) is 8.96. The molecule has 0 amide bonds. The lowest BCUT2D eigenvalue weighted by Gasteiger charge is -2.39. The molecule has 106 valence electrons. The van der Waals surface area contributed by atoms with Crippen LogP contribution in [0, 0.1) is 6.92 Å². The molecule has 0 spiro atoms. The van der Waals surface area contributed by atoms with Crippen molar-refractivity contribution < 1.29 is 8.42 Å². The molecule has 0 aliphatic carbocycles. The number of hydrogen-bond acceptors (Lipinski definition) is 3.